The molecule has 34 heavy (non-hydrogen) atoms. The summed E-state index contributed by atoms with van der Waals surface area (Å²) in [5, 5.41) is 28.1. The number of hydrogen-bond donors (Lipinski definition) is 4. The first-order valence-corrected chi connectivity index (χ1v) is 11.6. The van der Waals surface area contributed by atoms with Crippen molar-refractivity contribution in [1.82, 2.24) is 20.7 Å². The van der Waals surface area contributed by atoms with Crippen molar-refractivity contribution in [1.29, 1.82) is 0 Å². The van der Waals surface area contributed by atoms with E-state index >= 15 is 0 Å². The second-order valence-corrected chi connectivity index (χ2v) is 9.18. The van der Waals surface area contributed by atoms with Crippen LogP contribution in [0.2, 0.25) is 0 Å². The third-order valence-corrected chi connectivity index (χ3v) is 6.69. The molecule has 0 radical (unpaired) electrons. The summed E-state index contributed by atoms with van der Waals surface area (Å²) in [6.07, 6.45) is 4.04. The van der Waals surface area contributed by atoms with Crippen LogP contribution in [0.25, 0.3) is 0 Å². The number of carbonyl (C=O) groups excluding carboxylic acids is 2. The van der Waals surface area contributed by atoms with Crippen LogP contribution in [0, 0.1) is 5.92 Å². The molecule has 1 saturated carbocycles. The molecule has 2 amide bonds. The van der Waals surface area contributed by atoms with Gasteiger partial charge in [-0.1, -0.05) is 17.3 Å². The Morgan fingerprint density at radius 1 is 1.18 bits per heavy atom. The normalized spacial score (nSPS) is 18.7. The fourth-order valence-electron chi connectivity index (χ4n) is 4.55. The number of hydrogen-bond acceptors (Lipinski definition) is 7. The van der Waals surface area contributed by atoms with Gasteiger partial charge in [0.15, 0.2) is 17.6 Å². The molecule has 10 nitrogen and oxygen atoms in total. The SMILES string of the molecule is O=C[C@@](Cc1ccc(O)cc1)(NC(=O)O)N1CCC(CCNC(=O)c2cc(C3CC3)on2)CC1. The standard InChI is InChI=1S/C24H30N4O6/c29-15-24(26-23(32)33,14-17-1-5-19(30)6-2-17)28-11-8-16(9-12-28)7-10-25-22(31)20-13-21(34-27-20)18-3-4-18/h1-2,5-6,13,15-16,18,26,30H,3-4,7-12,14H2,(H,25,31)(H,32,33)/t24-/m0/s1. The van der Waals surface area contributed by atoms with Crippen LogP contribution >= 0.6 is 0 Å². The second-order valence-electron chi connectivity index (χ2n) is 9.18. The van der Waals surface area contributed by atoms with Gasteiger partial charge < -0.3 is 20.1 Å². The van der Waals surface area contributed by atoms with Gasteiger partial charge in [0.1, 0.15) is 11.5 Å². The number of phenolic OH excluding ortho intramolecular Hbond substituents is 1. The molecule has 2 fully saturated rings. The highest BCUT2D eigenvalue weighted by Gasteiger charge is 2.40. The highest BCUT2D eigenvalue weighted by atomic mass is 16.5. The number of aromatic hydroxyl groups is 1. The van der Waals surface area contributed by atoms with Crippen molar-refractivity contribution < 1.29 is 29.1 Å². The maximum atomic E-state index is 12.3. The molecule has 0 bridgehead atoms. The molecule has 4 rings (SSSR count). The van der Waals surface area contributed by atoms with Gasteiger partial charge in [0.05, 0.1) is 0 Å². The Kier molecular flexibility index (Phi) is 7.16. The van der Waals surface area contributed by atoms with Gasteiger partial charge in [-0.05, 0) is 55.7 Å². The number of rotatable bonds is 10. The van der Waals surface area contributed by atoms with Gasteiger partial charge in [-0.3, -0.25) is 19.8 Å². The number of amides is 2. The van der Waals surface area contributed by atoms with E-state index in [2.05, 4.69) is 15.8 Å². The van der Waals surface area contributed by atoms with E-state index in [0.29, 0.717) is 43.5 Å². The second kappa shape index (κ2) is 10.3. The zero-order chi connectivity index (χ0) is 24.1. The molecule has 1 aliphatic heterocycles. The van der Waals surface area contributed by atoms with Crippen LogP contribution in [-0.2, 0) is 11.2 Å². The molecular weight excluding hydrogens is 440 g/mol. The average Bonchev–Trinajstić information content (AvgIpc) is 3.56. The van der Waals surface area contributed by atoms with Crippen molar-refractivity contribution in [3.63, 3.8) is 0 Å². The Morgan fingerprint density at radius 3 is 2.50 bits per heavy atom. The number of nitrogens with zero attached hydrogens (tertiary/aromatic N) is 2. The number of piperidine rings is 1. The number of phenols is 1. The summed E-state index contributed by atoms with van der Waals surface area (Å²) in [4.78, 5) is 37.8. The first-order valence-electron chi connectivity index (χ1n) is 11.6. The van der Waals surface area contributed by atoms with Crippen molar-refractivity contribution in [3.05, 3.63) is 47.3 Å². The molecular formula is C24H30N4O6. The lowest BCUT2D eigenvalue weighted by Crippen LogP contribution is -2.64. The van der Waals surface area contributed by atoms with Gasteiger partial charge in [0.2, 0.25) is 0 Å². The van der Waals surface area contributed by atoms with E-state index in [0.717, 1.165) is 43.4 Å². The van der Waals surface area contributed by atoms with Crippen molar-refractivity contribution in [3.8, 4) is 5.75 Å². The topological polar surface area (TPSA) is 145 Å². The van der Waals surface area contributed by atoms with E-state index in [1.165, 1.54) is 12.1 Å². The molecule has 0 unspecified atom stereocenters. The van der Waals surface area contributed by atoms with Gasteiger partial charge in [-0.2, -0.15) is 0 Å². The Bertz CT molecular complexity index is 1010. The third-order valence-electron chi connectivity index (χ3n) is 6.69. The number of aromatic nitrogens is 1. The Labute approximate surface area is 197 Å². The Hall–Kier alpha value is -3.40. The van der Waals surface area contributed by atoms with Crippen LogP contribution < -0.4 is 10.6 Å². The summed E-state index contributed by atoms with van der Waals surface area (Å²) in [6, 6.07) is 8.09. The largest absolute Gasteiger partial charge is 0.508 e. The lowest BCUT2D eigenvalue weighted by molar-refractivity contribution is -0.122. The maximum absolute atomic E-state index is 12.3. The molecule has 1 aromatic heterocycles. The molecule has 1 saturated heterocycles. The van der Waals surface area contributed by atoms with Crippen LogP contribution in [0.4, 0.5) is 4.79 Å². The molecule has 1 aromatic carbocycles. The van der Waals surface area contributed by atoms with Crippen LogP contribution in [0.1, 0.15) is 59.8 Å². The van der Waals surface area contributed by atoms with Gasteiger partial charge >= 0.3 is 6.09 Å². The quantitative estimate of drug-likeness (QED) is 0.388. The van der Waals surface area contributed by atoms with Crippen molar-refractivity contribution in [2.75, 3.05) is 19.6 Å². The lowest BCUT2D eigenvalue weighted by atomic mass is 9.90. The van der Waals surface area contributed by atoms with E-state index in [1.54, 1.807) is 18.2 Å². The van der Waals surface area contributed by atoms with E-state index in [9.17, 15) is 24.6 Å². The smallest absolute Gasteiger partial charge is 0.406 e. The minimum Gasteiger partial charge on any atom is -0.508 e. The molecule has 1 atom stereocenters. The molecule has 2 aromatic rings. The fraction of sp³-hybridized carbons (Fsp3) is 0.500. The molecule has 10 heteroatoms. The number of likely N-dealkylation sites (tertiary alicyclic amines) is 1. The number of benzene rings is 1. The third kappa shape index (κ3) is 5.74. The predicted molar refractivity (Wildman–Crippen MR) is 121 cm³/mol. The minimum absolute atomic E-state index is 0.103. The highest BCUT2D eigenvalue weighted by molar-refractivity contribution is 5.92. The Balaban J connectivity index is 1.29. The van der Waals surface area contributed by atoms with Crippen LogP contribution in [0.15, 0.2) is 34.9 Å². The molecule has 1 aliphatic carbocycles. The average molecular weight is 471 g/mol. The number of aldehydes is 1. The summed E-state index contributed by atoms with van der Waals surface area (Å²) >= 11 is 0. The summed E-state index contributed by atoms with van der Waals surface area (Å²) in [5.74, 6) is 1.39. The van der Waals surface area contributed by atoms with E-state index in [4.69, 9.17) is 4.52 Å². The van der Waals surface area contributed by atoms with Gasteiger partial charge in [-0.25, -0.2) is 4.79 Å². The van der Waals surface area contributed by atoms with Crippen LogP contribution in [-0.4, -0.2) is 63.9 Å². The van der Waals surface area contributed by atoms with Gasteiger partial charge in [0, 0.05) is 38.0 Å². The number of carboxylic acid groups (broad SMARTS) is 1. The predicted octanol–water partition coefficient (Wildman–Crippen LogP) is 2.50. The lowest BCUT2D eigenvalue weighted by Gasteiger charge is -2.43. The first-order chi connectivity index (χ1) is 16.4. The van der Waals surface area contributed by atoms with E-state index in [1.807, 2.05) is 4.90 Å². The molecule has 4 N–H and O–H groups in total. The van der Waals surface area contributed by atoms with E-state index in [-0.39, 0.29) is 18.1 Å². The van der Waals surface area contributed by atoms with Crippen LogP contribution in [0.3, 0.4) is 0 Å². The van der Waals surface area contributed by atoms with Crippen molar-refractivity contribution in [2.24, 2.45) is 5.92 Å². The van der Waals surface area contributed by atoms with Crippen molar-refractivity contribution in [2.45, 2.75) is 50.1 Å². The van der Waals surface area contributed by atoms with Gasteiger partial charge in [-0.15, -0.1) is 0 Å². The zero-order valence-corrected chi connectivity index (χ0v) is 18.9. The Morgan fingerprint density at radius 2 is 1.88 bits per heavy atom. The van der Waals surface area contributed by atoms with Gasteiger partial charge in [0.25, 0.3) is 5.91 Å². The number of carbonyl (C=O) groups is 3. The van der Waals surface area contributed by atoms with E-state index < -0.39 is 11.8 Å². The molecule has 2 heterocycles. The van der Waals surface area contributed by atoms with Crippen molar-refractivity contribution >= 4 is 18.3 Å². The summed E-state index contributed by atoms with van der Waals surface area (Å²) in [6.45, 7) is 1.60. The summed E-state index contributed by atoms with van der Waals surface area (Å²) in [5.41, 5.74) is -0.337. The summed E-state index contributed by atoms with van der Waals surface area (Å²) in [7, 11) is 0. The molecule has 182 valence electrons. The highest BCUT2D eigenvalue weighted by Crippen LogP contribution is 2.40. The summed E-state index contributed by atoms with van der Waals surface area (Å²) < 4.78 is 5.23. The van der Waals surface area contributed by atoms with Crippen LogP contribution in [0.5, 0.6) is 5.75 Å². The monoisotopic (exact) mass is 470 g/mol. The molecule has 0 spiro atoms. The zero-order valence-electron chi connectivity index (χ0n) is 18.9. The fourth-order valence-corrected chi connectivity index (χ4v) is 4.55. The molecule has 2 aliphatic rings. The maximum Gasteiger partial charge on any atom is 0.406 e. The minimum atomic E-state index is -1.38. The first kappa shape index (κ1) is 23.7. The number of nitrogens with one attached hydrogen (secondary N) is 2.